The van der Waals surface area contributed by atoms with Crippen LogP contribution in [-0.4, -0.2) is 34.2 Å². The molecule has 1 amide bonds. The molecule has 0 unspecified atom stereocenters. The lowest BCUT2D eigenvalue weighted by atomic mass is 10.2. The minimum Gasteiger partial charge on any atom is -0.389 e. The van der Waals surface area contributed by atoms with E-state index < -0.39 is 0 Å². The van der Waals surface area contributed by atoms with E-state index in [1.165, 1.54) is 6.20 Å². The van der Waals surface area contributed by atoms with E-state index in [1.54, 1.807) is 6.07 Å². The first-order valence-electron chi connectivity index (χ1n) is 5.62. The van der Waals surface area contributed by atoms with Crippen molar-refractivity contribution in [3.63, 3.8) is 0 Å². The zero-order chi connectivity index (χ0) is 13.5. The number of carbonyl (C=O) groups is 1. The number of amides is 1. The second-order valence-electron chi connectivity index (χ2n) is 4.21. The lowest BCUT2D eigenvalue weighted by molar-refractivity contribution is -0.119. The Morgan fingerprint density at radius 3 is 2.89 bits per heavy atom. The van der Waals surface area contributed by atoms with E-state index in [0.717, 1.165) is 0 Å². The first-order valence-corrected chi connectivity index (χ1v) is 6.03. The van der Waals surface area contributed by atoms with Crippen LogP contribution in [0, 0.1) is 5.92 Å². The number of anilines is 1. The van der Waals surface area contributed by atoms with Gasteiger partial charge in [-0.05, 0) is 12.0 Å². The Kier molecular flexibility index (Phi) is 5.44. The first-order chi connectivity index (χ1) is 8.50. The van der Waals surface area contributed by atoms with Crippen molar-refractivity contribution in [3.05, 3.63) is 17.8 Å². The molecular weight excluding hydrogens is 250 g/mol. The molecule has 0 fully saturated rings. The maximum atomic E-state index is 11.5. The lowest BCUT2D eigenvalue weighted by Crippen LogP contribution is -2.33. The molecule has 0 aliphatic carbocycles. The number of aromatic nitrogens is 2. The van der Waals surface area contributed by atoms with Crippen molar-refractivity contribution in [2.45, 2.75) is 13.8 Å². The van der Waals surface area contributed by atoms with Gasteiger partial charge in [0.05, 0.1) is 18.3 Å². The first kappa shape index (κ1) is 14.3. The molecule has 0 radical (unpaired) electrons. The highest BCUT2D eigenvalue weighted by Gasteiger charge is 2.08. The third-order valence-corrected chi connectivity index (χ3v) is 2.33. The number of nitrogens with zero attached hydrogens (tertiary/aromatic N) is 2. The van der Waals surface area contributed by atoms with Gasteiger partial charge in [-0.3, -0.25) is 4.79 Å². The van der Waals surface area contributed by atoms with Crippen LogP contribution in [0.1, 0.15) is 19.4 Å². The summed E-state index contributed by atoms with van der Waals surface area (Å²) >= 11 is 4.88. The van der Waals surface area contributed by atoms with E-state index >= 15 is 0 Å². The highest BCUT2D eigenvalue weighted by atomic mass is 32.1. The third kappa shape index (κ3) is 4.62. The highest BCUT2D eigenvalue weighted by molar-refractivity contribution is 7.80. The molecular formula is C11H17N5OS. The molecule has 0 aliphatic heterocycles. The molecule has 0 spiro atoms. The molecule has 4 N–H and O–H groups in total. The fourth-order valence-electron chi connectivity index (χ4n) is 1.21. The van der Waals surface area contributed by atoms with Crippen LogP contribution >= 0.6 is 12.2 Å². The summed E-state index contributed by atoms with van der Waals surface area (Å²) in [5, 5.41) is 13.2. The topological polar surface area (TPSA) is 92.9 Å². The van der Waals surface area contributed by atoms with Gasteiger partial charge in [0.25, 0.3) is 0 Å². The molecule has 0 aromatic carbocycles. The van der Waals surface area contributed by atoms with Gasteiger partial charge in [0.2, 0.25) is 5.91 Å². The van der Waals surface area contributed by atoms with Crippen LogP contribution in [0.15, 0.2) is 12.3 Å². The highest BCUT2D eigenvalue weighted by Crippen LogP contribution is 2.08. The van der Waals surface area contributed by atoms with Crippen molar-refractivity contribution < 1.29 is 4.79 Å². The largest absolute Gasteiger partial charge is 0.389 e. The van der Waals surface area contributed by atoms with Crippen molar-refractivity contribution in [1.82, 2.24) is 15.5 Å². The number of carbonyl (C=O) groups excluding carboxylic acids is 1. The van der Waals surface area contributed by atoms with Crippen LogP contribution in [0.25, 0.3) is 0 Å². The summed E-state index contributed by atoms with van der Waals surface area (Å²) in [6, 6.07) is 1.66. The molecule has 98 valence electrons. The zero-order valence-electron chi connectivity index (χ0n) is 10.4. The maximum absolute atomic E-state index is 11.5. The average molecular weight is 267 g/mol. The second kappa shape index (κ2) is 6.85. The van der Waals surface area contributed by atoms with Gasteiger partial charge in [-0.2, -0.15) is 5.10 Å². The monoisotopic (exact) mass is 267 g/mol. The van der Waals surface area contributed by atoms with Crippen LogP contribution in [0.3, 0.4) is 0 Å². The number of hydrogen-bond acceptors (Lipinski definition) is 5. The predicted octanol–water partition coefficient (Wildman–Crippen LogP) is 0.295. The summed E-state index contributed by atoms with van der Waals surface area (Å²) in [7, 11) is 0. The Morgan fingerprint density at radius 1 is 1.56 bits per heavy atom. The fraction of sp³-hybridized carbons (Fsp3) is 0.455. The number of thiocarbonyl (C=S) groups is 1. The minimum atomic E-state index is -0.108. The summed E-state index contributed by atoms with van der Waals surface area (Å²) < 4.78 is 0. The number of nitrogens with one attached hydrogen (secondary N) is 2. The van der Waals surface area contributed by atoms with Crippen molar-refractivity contribution in [3.8, 4) is 0 Å². The number of hydrogen-bond donors (Lipinski definition) is 3. The van der Waals surface area contributed by atoms with Gasteiger partial charge in [0, 0.05) is 6.54 Å². The van der Waals surface area contributed by atoms with Crippen LogP contribution in [-0.2, 0) is 4.79 Å². The molecule has 1 heterocycles. The van der Waals surface area contributed by atoms with Crippen molar-refractivity contribution in [2.24, 2.45) is 11.7 Å². The standard InChI is InChI=1S/C11H17N5OS/c1-7(2)5-13-9(17)6-14-11-8(10(12)18)3-4-15-16-11/h3-4,7H,5-6H2,1-2H3,(H2,12,18)(H,13,17)(H,14,16). The molecule has 1 rings (SSSR count). The van der Waals surface area contributed by atoms with Crippen molar-refractivity contribution >= 4 is 28.9 Å². The Hall–Kier alpha value is -1.76. The summed E-state index contributed by atoms with van der Waals surface area (Å²) in [4.78, 5) is 11.7. The van der Waals surface area contributed by atoms with E-state index in [-0.39, 0.29) is 17.4 Å². The predicted molar refractivity (Wildman–Crippen MR) is 74.3 cm³/mol. The van der Waals surface area contributed by atoms with Gasteiger partial charge in [0.1, 0.15) is 4.99 Å². The Labute approximate surface area is 111 Å². The zero-order valence-corrected chi connectivity index (χ0v) is 11.3. The van der Waals surface area contributed by atoms with E-state index in [1.807, 2.05) is 13.8 Å². The summed E-state index contributed by atoms with van der Waals surface area (Å²) in [6.45, 7) is 4.81. The van der Waals surface area contributed by atoms with Gasteiger partial charge < -0.3 is 16.4 Å². The summed E-state index contributed by atoms with van der Waals surface area (Å²) in [5.74, 6) is 0.727. The van der Waals surface area contributed by atoms with E-state index in [2.05, 4.69) is 20.8 Å². The Balaban J connectivity index is 2.53. The summed E-state index contributed by atoms with van der Waals surface area (Å²) in [5.41, 5.74) is 6.12. The van der Waals surface area contributed by atoms with E-state index in [0.29, 0.717) is 23.8 Å². The molecule has 0 saturated heterocycles. The van der Waals surface area contributed by atoms with E-state index in [4.69, 9.17) is 18.0 Å². The molecule has 0 atom stereocenters. The lowest BCUT2D eigenvalue weighted by Gasteiger charge is -2.10. The molecule has 1 aromatic heterocycles. The Morgan fingerprint density at radius 2 is 2.28 bits per heavy atom. The van der Waals surface area contributed by atoms with Crippen molar-refractivity contribution in [1.29, 1.82) is 0 Å². The fourth-order valence-corrected chi connectivity index (χ4v) is 1.37. The van der Waals surface area contributed by atoms with Crippen molar-refractivity contribution in [2.75, 3.05) is 18.4 Å². The van der Waals surface area contributed by atoms with Gasteiger partial charge in [0.15, 0.2) is 5.82 Å². The third-order valence-electron chi connectivity index (χ3n) is 2.11. The molecule has 1 aromatic rings. The van der Waals surface area contributed by atoms with E-state index in [9.17, 15) is 4.79 Å². The van der Waals surface area contributed by atoms with Crippen LogP contribution in [0.4, 0.5) is 5.82 Å². The molecule has 0 aliphatic rings. The smallest absolute Gasteiger partial charge is 0.239 e. The van der Waals surface area contributed by atoms with Gasteiger partial charge in [-0.25, -0.2) is 0 Å². The van der Waals surface area contributed by atoms with Crippen LogP contribution in [0.2, 0.25) is 0 Å². The second-order valence-corrected chi connectivity index (χ2v) is 4.65. The SMILES string of the molecule is CC(C)CNC(=O)CNc1nnccc1C(N)=S. The summed E-state index contributed by atoms with van der Waals surface area (Å²) in [6.07, 6.45) is 1.50. The molecule has 7 heteroatoms. The maximum Gasteiger partial charge on any atom is 0.239 e. The van der Waals surface area contributed by atoms with Gasteiger partial charge in [-0.1, -0.05) is 26.1 Å². The molecule has 0 saturated carbocycles. The minimum absolute atomic E-state index is 0.108. The number of rotatable bonds is 6. The molecule has 18 heavy (non-hydrogen) atoms. The van der Waals surface area contributed by atoms with Crippen LogP contribution < -0.4 is 16.4 Å². The Bertz CT molecular complexity index is 435. The normalized spacial score (nSPS) is 10.2. The molecule has 6 nitrogen and oxygen atoms in total. The van der Waals surface area contributed by atoms with Gasteiger partial charge in [-0.15, -0.1) is 5.10 Å². The van der Waals surface area contributed by atoms with Crippen LogP contribution in [0.5, 0.6) is 0 Å². The van der Waals surface area contributed by atoms with Gasteiger partial charge >= 0.3 is 0 Å². The quantitative estimate of drug-likeness (QED) is 0.642. The number of nitrogens with two attached hydrogens (primary N) is 1. The average Bonchev–Trinajstić information content (AvgIpc) is 2.34. The molecule has 0 bridgehead atoms.